The number of hydrogen-bond donors (Lipinski definition) is 0. The van der Waals surface area contributed by atoms with E-state index in [1.54, 1.807) is 0 Å². The molecule has 0 bridgehead atoms. The highest BCUT2D eigenvalue weighted by Crippen LogP contribution is 2.27. The Balaban J connectivity index is 3.54. The Bertz CT molecular complexity index is 536. The van der Waals surface area contributed by atoms with Gasteiger partial charge in [-0.15, -0.1) is 0 Å². The lowest BCUT2D eigenvalue weighted by atomic mass is 10.1. The molecule has 0 fully saturated rings. The summed E-state index contributed by atoms with van der Waals surface area (Å²) in [4.78, 5) is -0.0236. The zero-order valence-corrected chi connectivity index (χ0v) is 11.9. The predicted molar refractivity (Wildman–Crippen MR) is 64.5 cm³/mol. The van der Waals surface area contributed by atoms with Crippen LogP contribution >= 0.6 is 42.5 Å². The highest BCUT2D eigenvalue weighted by Gasteiger charge is 2.15. The van der Waals surface area contributed by atoms with Crippen LogP contribution in [0.15, 0.2) is 21.5 Å². The number of nitrogens with zero attached hydrogens (tertiary/aromatic N) is 1. The lowest BCUT2D eigenvalue weighted by molar-refractivity contribution is 0.609. The third-order valence-electron chi connectivity index (χ3n) is 1.68. The van der Waals surface area contributed by atoms with Crippen molar-refractivity contribution in [2.45, 2.75) is 10.2 Å². The van der Waals surface area contributed by atoms with Crippen molar-refractivity contribution < 1.29 is 8.42 Å². The molecule has 0 unspecified atom stereocenters. The molecule has 1 aromatic carbocycles. The van der Waals surface area contributed by atoms with Gasteiger partial charge in [-0.05, 0) is 33.6 Å². The third-order valence-corrected chi connectivity index (χ3v) is 4.25. The van der Waals surface area contributed by atoms with Crippen molar-refractivity contribution >= 4 is 51.6 Å². The minimum absolute atomic E-state index is 0.0236. The summed E-state index contributed by atoms with van der Waals surface area (Å²) < 4.78 is 22.6. The first-order valence-corrected chi connectivity index (χ1v) is 7.85. The summed E-state index contributed by atoms with van der Waals surface area (Å²) in [5, 5.41) is 9.22. The van der Waals surface area contributed by atoms with Crippen LogP contribution in [0, 0.1) is 11.3 Å². The summed E-state index contributed by atoms with van der Waals surface area (Å²) in [6.45, 7) is 0. The molecule has 0 saturated heterocycles. The van der Waals surface area contributed by atoms with Crippen LogP contribution in [0.3, 0.4) is 0 Å². The molecule has 0 radical (unpaired) electrons. The molecule has 0 atom stereocenters. The maximum atomic E-state index is 11.1. The van der Waals surface area contributed by atoms with Gasteiger partial charge in [0.2, 0.25) is 0 Å². The van der Waals surface area contributed by atoms with Crippen molar-refractivity contribution in [3.05, 3.63) is 27.7 Å². The Morgan fingerprint density at radius 2 is 2.07 bits per heavy atom. The summed E-state index contributed by atoms with van der Waals surface area (Å²) in [5.41, 5.74) is 0.974. The van der Waals surface area contributed by atoms with E-state index in [0.717, 1.165) is 0 Å². The van der Waals surface area contributed by atoms with Gasteiger partial charge >= 0.3 is 0 Å². The molecule has 0 amide bonds. The minimum atomic E-state index is -3.77. The first-order valence-electron chi connectivity index (χ1n) is 3.63. The van der Waals surface area contributed by atoms with E-state index >= 15 is 0 Å². The maximum absolute atomic E-state index is 11.1. The molecule has 0 aliphatic heterocycles. The second kappa shape index (κ2) is 4.83. The van der Waals surface area contributed by atoms with Gasteiger partial charge in [0.15, 0.2) is 0 Å². The van der Waals surface area contributed by atoms with Gasteiger partial charge < -0.3 is 0 Å². The molecule has 1 rings (SSSR count). The van der Waals surface area contributed by atoms with E-state index < -0.39 is 9.05 Å². The zero-order valence-electron chi connectivity index (χ0n) is 7.17. The van der Waals surface area contributed by atoms with E-state index in [1.165, 1.54) is 12.1 Å². The quantitative estimate of drug-likeness (QED) is 0.591. The molecular weight excluding hydrogens is 369 g/mol. The van der Waals surface area contributed by atoms with Crippen LogP contribution in [0.4, 0.5) is 0 Å². The molecule has 0 aromatic heterocycles. The van der Waals surface area contributed by atoms with Crippen LogP contribution in [0.2, 0.25) is 0 Å². The lowest BCUT2D eigenvalue weighted by Crippen LogP contribution is -1.96. The van der Waals surface area contributed by atoms with Crippen LogP contribution in [-0.2, 0) is 14.4 Å². The summed E-state index contributed by atoms with van der Waals surface area (Å²) in [6.07, 6.45) is 0. The zero-order chi connectivity index (χ0) is 11.6. The Kier molecular flexibility index (Phi) is 4.18. The van der Waals surface area contributed by atoms with E-state index in [4.69, 9.17) is 15.9 Å². The van der Waals surface area contributed by atoms with Crippen LogP contribution in [0.5, 0.6) is 0 Å². The van der Waals surface area contributed by atoms with Crippen molar-refractivity contribution in [3.8, 4) is 6.07 Å². The summed E-state index contributed by atoms with van der Waals surface area (Å²) in [5.74, 6) is 0. The SMILES string of the molecule is N#Cc1c(Br)cc(S(=O)(=O)Cl)cc1CBr. The van der Waals surface area contributed by atoms with Crippen LogP contribution in [0.1, 0.15) is 11.1 Å². The van der Waals surface area contributed by atoms with E-state index in [1.807, 2.05) is 6.07 Å². The molecule has 0 aliphatic rings. The molecule has 80 valence electrons. The minimum Gasteiger partial charge on any atom is -0.207 e. The standard InChI is InChI=1S/C8H4Br2ClNO2S/c9-3-5-1-6(15(11,13)14)2-8(10)7(5)4-12/h1-2H,3H2. The third kappa shape index (κ3) is 2.94. The molecule has 0 N–H and O–H groups in total. The molecule has 0 aliphatic carbocycles. The average Bonchev–Trinajstić information content (AvgIpc) is 2.15. The number of halogens is 3. The van der Waals surface area contributed by atoms with Gasteiger partial charge in [0, 0.05) is 20.5 Å². The topological polar surface area (TPSA) is 57.9 Å². The number of rotatable bonds is 2. The monoisotopic (exact) mass is 371 g/mol. The number of hydrogen-bond acceptors (Lipinski definition) is 3. The molecule has 3 nitrogen and oxygen atoms in total. The normalized spacial score (nSPS) is 11.1. The molecule has 0 spiro atoms. The summed E-state index contributed by atoms with van der Waals surface area (Å²) >= 11 is 6.30. The van der Waals surface area contributed by atoms with Gasteiger partial charge in [-0.3, -0.25) is 0 Å². The van der Waals surface area contributed by atoms with Crippen LogP contribution in [0.25, 0.3) is 0 Å². The fraction of sp³-hybridized carbons (Fsp3) is 0.125. The van der Waals surface area contributed by atoms with Gasteiger partial charge in [-0.1, -0.05) is 15.9 Å². The van der Waals surface area contributed by atoms with Crippen LogP contribution in [-0.4, -0.2) is 8.42 Å². The van der Waals surface area contributed by atoms with Gasteiger partial charge in [0.05, 0.1) is 10.5 Å². The highest BCUT2D eigenvalue weighted by molar-refractivity contribution is 9.10. The molecule has 1 aromatic rings. The number of alkyl halides is 1. The van der Waals surface area contributed by atoms with Gasteiger partial charge in [-0.25, -0.2) is 8.42 Å². The van der Waals surface area contributed by atoms with E-state index in [0.29, 0.717) is 20.9 Å². The molecule has 15 heavy (non-hydrogen) atoms. The van der Waals surface area contributed by atoms with Crippen LogP contribution < -0.4 is 0 Å². The molecule has 0 saturated carbocycles. The molecule has 0 heterocycles. The number of benzene rings is 1. The van der Waals surface area contributed by atoms with Crippen molar-refractivity contribution in [2.24, 2.45) is 0 Å². The van der Waals surface area contributed by atoms with Gasteiger partial charge in [0.1, 0.15) is 6.07 Å². The van der Waals surface area contributed by atoms with Crippen molar-refractivity contribution in [3.63, 3.8) is 0 Å². The second-order valence-electron chi connectivity index (χ2n) is 2.62. The average molecular weight is 373 g/mol. The van der Waals surface area contributed by atoms with Crippen molar-refractivity contribution in [2.75, 3.05) is 0 Å². The molecular formula is C8H4Br2ClNO2S. The van der Waals surface area contributed by atoms with E-state index in [-0.39, 0.29) is 4.90 Å². The Morgan fingerprint density at radius 1 is 1.47 bits per heavy atom. The Labute approximate surface area is 109 Å². The fourth-order valence-electron chi connectivity index (χ4n) is 1.01. The lowest BCUT2D eigenvalue weighted by Gasteiger charge is -2.05. The first kappa shape index (κ1) is 13.0. The van der Waals surface area contributed by atoms with Crippen molar-refractivity contribution in [1.29, 1.82) is 5.26 Å². The van der Waals surface area contributed by atoms with Gasteiger partial charge in [-0.2, -0.15) is 5.26 Å². The molecule has 7 heteroatoms. The maximum Gasteiger partial charge on any atom is 0.261 e. The smallest absolute Gasteiger partial charge is 0.207 e. The number of nitriles is 1. The summed E-state index contributed by atoms with van der Waals surface area (Å²) in [6, 6.07) is 4.67. The predicted octanol–water partition coefficient (Wildman–Crippen LogP) is 3.14. The van der Waals surface area contributed by atoms with Crippen molar-refractivity contribution in [1.82, 2.24) is 0 Å². The Morgan fingerprint density at radius 3 is 2.47 bits per heavy atom. The fourth-order valence-corrected chi connectivity index (χ4v) is 3.00. The second-order valence-corrected chi connectivity index (χ2v) is 6.60. The van der Waals surface area contributed by atoms with Gasteiger partial charge in [0.25, 0.3) is 9.05 Å². The van der Waals surface area contributed by atoms with E-state index in [9.17, 15) is 8.42 Å². The highest BCUT2D eigenvalue weighted by atomic mass is 79.9. The largest absolute Gasteiger partial charge is 0.261 e. The van der Waals surface area contributed by atoms with E-state index in [2.05, 4.69) is 31.9 Å². The Hall–Kier alpha value is -0.0900. The first-order chi connectivity index (χ1) is 6.90. The summed E-state index contributed by atoms with van der Waals surface area (Å²) in [7, 11) is 1.44.